The largest absolute Gasteiger partial charge is 0.390 e. The third kappa shape index (κ3) is 2.01. The average Bonchev–Trinajstić information content (AvgIpc) is 2.84. The van der Waals surface area contributed by atoms with E-state index in [2.05, 4.69) is 0 Å². The van der Waals surface area contributed by atoms with Gasteiger partial charge >= 0.3 is 0 Å². The number of carbonyl (C=O) groups is 2. The molecule has 0 amide bonds. The minimum Gasteiger partial charge on any atom is -0.390 e. The molecular formula is C21H27FO6. The predicted octanol–water partition coefficient (Wildman–Crippen LogP) is 0.620. The van der Waals surface area contributed by atoms with Crippen LogP contribution in [0.5, 0.6) is 0 Å². The van der Waals surface area contributed by atoms with Crippen molar-refractivity contribution in [1.29, 1.82) is 0 Å². The van der Waals surface area contributed by atoms with Gasteiger partial charge in [0, 0.05) is 16.7 Å². The smallest absolute Gasteiger partial charge is 0.192 e. The fraction of sp³-hybridized carbons (Fsp3) is 0.714. The first kappa shape index (κ1) is 19.9. The summed E-state index contributed by atoms with van der Waals surface area (Å²) >= 11 is 0. The Bertz CT molecular complexity index is 807. The van der Waals surface area contributed by atoms with Gasteiger partial charge in [0.05, 0.1) is 12.2 Å². The van der Waals surface area contributed by atoms with Gasteiger partial charge in [-0.3, -0.25) is 9.59 Å². The van der Waals surface area contributed by atoms with Crippen molar-refractivity contribution in [2.75, 3.05) is 6.61 Å². The number of hydrogen-bond donors (Lipinski definition) is 4. The fourth-order valence-electron chi connectivity index (χ4n) is 6.85. The van der Waals surface area contributed by atoms with Crippen LogP contribution in [0, 0.1) is 22.7 Å². The lowest BCUT2D eigenvalue weighted by Crippen LogP contribution is -2.69. The van der Waals surface area contributed by atoms with Crippen LogP contribution in [-0.4, -0.2) is 62.1 Å². The zero-order chi connectivity index (χ0) is 20.7. The summed E-state index contributed by atoms with van der Waals surface area (Å²) in [5.74, 6) is -2.38. The van der Waals surface area contributed by atoms with Gasteiger partial charge in [-0.1, -0.05) is 18.6 Å². The van der Waals surface area contributed by atoms with Crippen LogP contribution >= 0.6 is 0 Å². The Balaban J connectivity index is 1.84. The zero-order valence-electron chi connectivity index (χ0n) is 16.1. The number of Topliss-reactive ketones (excluding diaryl/α,β-unsaturated/α-hetero) is 1. The summed E-state index contributed by atoms with van der Waals surface area (Å²) in [5, 5.41) is 42.1. The van der Waals surface area contributed by atoms with E-state index in [4.69, 9.17) is 0 Å². The summed E-state index contributed by atoms with van der Waals surface area (Å²) in [6, 6.07) is 0. The first-order valence-corrected chi connectivity index (χ1v) is 9.82. The van der Waals surface area contributed by atoms with Gasteiger partial charge in [0.2, 0.25) is 0 Å². The Kier molecular flexibility index (Phi) is 4.13. The van der Waals surface area contributed by atoms with Crippen molar-refractivity contribution in [1.82, 2.24) is 0 Å². The minimum absolute atomic E-state index is 0.0135. The quantitative estimate of drug-likeness (QED) is 0.546. The van der Waals surface area contributed by atoms with Gasteiger partial charge in [-0.05, 0) is 50.7 Å². The molecule has 154 valence electrons. The van der Waals surface area contributed by atoms with Crippen LogP contribution in [0.15, 0.2) is 23.8 Å². The standard InChI is InChI=1S/C21H27FO6/c1-18-6-5-12(24)7-11(18)3-4-13-14-8-15(25)21(28,17(27)10-23)19(14,2)9-16(26)20(13,18)22/h5-7,13-16,23,25-26,28H,3-4,8-10H2,1-2H3/t13?,14-,15+,16?,18?,19?,20-,21-/m0/s1. The number of halogens is 1. The number of rotatable bonds is 2. The second kappa shape index (κ2) is 5.81. The summed E-state index contributed by atoms with van der Waals surface area (Å²) in [6.45, 7) is 2.33. The number of aliphatic hydroxyl groups excluding tert-OH is 3. The Morgan fingerprint density at radius 2 is 1.93 bits per heavy atom. The second-order valence-corrected chi connectivity index (χ2v) is 9.36. The molecule has 0 saturated heterocycles. The summed E-state index contributed by atoms with van der Waals surface area (Å²) < 4.78 is 16.8. The molecule has 4 unspecified atom stereocenters. The average molecular weight is 394 g/mol. The molecule has 28 heavy (non-hydrogen) atoms. The van der Waals surface area contributed by atoms with Crippen LogP contribution in [0.2, 0.25) is 0 Å². The van der Waals surface area contributed by atoms with E-state index in [1.54, 1.807) is 13.8 Å². The van der Waals surface area contributed by atoms with E-state index in [1.165, 1.54) is 18.2 Å². The number of allylic oxidation sites excluding steroid dienone is 4. The molecule has 4 rings (SSSR count). The highest BCUT2D eigenvalue weighted by Crippen LogP contribution is 2.69. The highest BCUT2D eigenvalue weighted by molar-refractivity contribution is 6.01. The van der Waals surface area contributed by atoms with Gasteiger partial charge in [0.15, 0.2) is 22.8 Å². The number of ketones is 2. The van der Waals surface area contributed by atoms with Crippen LogP contribution in [0.4, 0.5) is 4.39 Å². The van der Waals surface area contributed by atoms with Gasteiger partial charge < -0.3 is 20.4 Å². The number of alkyl halides is 1. The molecule has 4 aliphatic rings. The SMILES string of the molecule is CC12C=CC(=O)C=C1CCC1[C@@H]3C[C@@H](O)[C@](O)(C(=O)CO)C3(C)CC(O)[C@@]12F. The van der Waals surface area contributed by atoms with E-state index in [-0.39, 0.29) is 18.6 Å². The molecule has 0 aromatic carbocycles. The summed E-state index contributed by atoms with van der Waals surface area (Å²) in [6.07, 6.45) is 1.93. The first-order chi connectivity index (χ1) is 13.0. The van der Waals surface area contributed by atoms with E-state index in [0.29, 0.717) is 18.4 Å². The summed E-state index contributed by atoms with van der Waals surface area (Å²) in [7, 11) is 0. The van der Waals surface area contributed by atoms with Crippen molar-refractivity contribution in [3.05, 3.63) is 23.8 Å². The van der Waals surface area contributed by atoms with Crippen molar-refractivity contribution in [2.45, 2.75) is 63.0 Å². The van der Waals surface area contributed by atoms with Gasteiger partial charge in [-0.25, -0.2) is 4.39 Å². The molecule has 0 aromatic heterocycles. The topological polar surface area (TPSA) is 115 Å². The van der Waals surface area contributed by atoms with E-state index in [0.717, 1.165) is 0 Å². The molecule has 3 fully saturated rings. The monoisotopic (exact) mass is 394 g/mol. The molecule has 8 atom stereocenters. The number of hydrogen-bond acceptors (Lipinski definition) is 6. The molecule has 6 nitrogen and oxygen atoms in total. The molecular weight excluding hydrogens is 367 g/mol. The molecule has 0 aromatic rings. The van der Waals surface area contributed by atoms with E-state index >= 15 is 4.39 Å². The Morgan fingerprint density at radius 1 is 1.25 bits per heavy atom. The van der Waals surface area contributed by atoms with Gasteiger partial charge in [0.1, 0.15) is 6.61 Å². The number of aliphatic hydroxyl groups is 4. The lowest BCUT2D eigenvalue weighted by molar-refractivity contribution is -0.222. The van der Waals surface area contributed by atoms with Gasteiger partial charge in [-0.15, -0.1) is 0 Å². The predicted molar refractivity (Wildman–Crippen MR) is 96.8 cm³/mol. The lowest BCUT2D eigenvalue weighted by Gasteiger charge is -2.62. The van der Waals surface area contributed by atoms with Crippen LogP contribution in [0.25, 0.3) is 0 Å². The molecule has 0 aliphatic heterocycles. The van der Waals surface area contributed by atoms with Gasteiger partial charge in [-0.2, -0.15) is 0 Å². The molecule has 0 spiro atoms. The van der Waals surface area contributed by atoms with Crippen molar-refractivity contribution in [3.63, 3.8) is 0 Å². The van der Waals surface area contributed by atoms with Gasteiger partial charge in [0.25, 0.3) is 0 Å². The summed E-state index contributed by atoms with van der Waals surface area (Å²) in [4.78, 5) is 24.2. The Morgan fingerprint density at radius 3 is 2.57 bits per heavy atom. The highest BCUT2D eigenvalue weighted by atomic mass is 19.1. The first-order valence-electron chi connectivity index (χ1n) is 9.82. The molecule has 7 heteroatoms. The van der Waals surface area contributed by atoms with E-state index in [1.807, 2.05) is 0 Å². The van der Waals surface area contributed by atoms with E-state index < -0.39 is 58.5 Å². The van der Waals surface area contributed by atoms with E-state index in [9.17, 15) is 30.0 Å². The Labute approximate surface area is 162 Å². The maximum absolute atomic E-state index is 16.8. The maximum Gasteiger partial charge on any atom is 0.192 e. The number of fused-ring (bicyclic) bond motifs is 5. The molecule has 0 radical (unpaired) electrons. The Hall–Kier alpha value is -1.41. The number of carbonyl (C=O) groups excluding carboxylic acids is 2. The second-order valence-electron chi connectivity index (χ2n) is 9.36. The minimum atomic E-state index is -2.23. The third-order valence-electron chi connectivity index (χ3n) is 8.43. The zero-order valence-corrected chi connectivity index (χ0v) is 16.1. The molecule has 3 saturated carbocycles. The third-order valence-corrected chi connectivity index (χ3v) is 8.43. The molecule has 0 bridgehead atoms. The van der Waals surface area contributed by atoms with Crippen molar-refractivity contribution in [3.8, 4) is 0 Å². The normalized spacial score (nSPS) is 52.5. The lowest BCUT2D eigenvalue weighted by atomic mass is 9.44. The summed E-state index contributed by atoms with van der Waals surface area (Å²) in [5.41, 5.74) is -6.12. The highest BCUT2D eigenvalue weighted by Gasteiger charge is 2.76. The van der Waals surface area contributed by atoms with Crippen LogP contribution in [0.1, 0.15) is 39.5 Å². The maximum atomic E-state index is 16.8. The fourth-order valence-corrected chi connectivity index (χ4v) is 6.85. The van der Waals surface area contributed by atoms with Crippen molar-refractivity contribution < 1.29 is 34.4 Å². The van der Waals surface area contributed by atoms with Crippen LogP contribution < -0.4 is 0 Å². The van der Waals surface area contributed by atoms with Crippen LogP contribution in [-0.2, 0) is 9.59 Å². The molecule has 0 heterocycles. The van der Waals surface area contributed by atoms with Crippen LogP contribution in [0.3, 0.4) is 0 Å². The van der Waals surface area contributed by atoms with Crippen molar-refractivity contribution in [2.24, 2.45) is 22.7 Å². The molecule has 4 aliphatic carbocycles. The van der Waals surface area contributed by atoms with Crippen molar-refractivity contribution >= 4 is 11.6 Å². The molecule has 4 N–H and O–H groups in total.